The number of alkyl halides is 3. The van der Waals surface area contributed by atoms with Crippen LogP contribution in [0.5, 0.6) is 0 Å². The molecular formula is C14H20F3N3O6S3. The molecule has 0 radical (unpaired) electrons. The highest BCUT2D eigenvalue weighted by Gasteiger charge is 2.48. The van der Waals surface area contributed by atoms with Crippen molar-refractivity contribution in [3.8, 4) is 0 Å². The number of hydrogen-bond acceptors (Lipinski definition) is 7. The number of hydrogen-bond donors (Lipinski definition) is 1. The van der Waals surface area contributed by atoms with Crippen molar-refractivity contribution >= 4 is 35.8 Å². The second kappa shape index (κ2) is 8.75. The predicted octanol–water partition coefficient (Wildman–Crippen LogP) is 0.298. The van der Waals surface area contributed by atoms with Gasteiger partial charge in [0.25, 0.3) is 0 Å². The molecule has 1 N–H and O–H groups in total. The molecule has 1 aliphatic heterocycles. The van der Waals surface area contributed by atoms with E-state index in [1.165, 1.54) is 4.31 Å². The van der Waals surface area contributed by atoms with E-state index in [9.17, 15) is 38.4 Å². The predicted molar refractivity (Wildman–Crippen MR) is 101 cm³/mol. The SMILES string of the molecule is O=S(=O)(CCCS(=O)(=O)N1CCN(c2ccccc2)CC1)NS(=O)(=O)C(F)(F)F. The monoisotopic (exact) mass is 479 g/mol. The summed E-state index contributed by atoms with van der Waals surface area (Å²) in [5.41, 5.74) is -4.85. The number of nitrogens with one attached hydrogen (secondary N) is 1. The van der Waals surface area contributed by atoms with E-state index >= 15 is 0 Å². The molecule has 166 valence electrons. The van der Waals surface area contributed by atoms with E-state index in [4.69, 9.17) is 0 Å². The Morgan fingerprint density at radius 3 is 1.93 bits per heavy atom. The molecule has 15 heteroatoms. The first-order valence-corrected chi connectivity index (χ1v) is 13.1. The highest BCUT2D eigenvalue weighted by atomic mass is 32.3. The zero-order valence-electron chi connectivity index (χ0n) is 15.0. The van der Waals surface area contributed by atoms with Crippen LogP contribution in [0.2, 0.25) is 0 Å². The molecule has 0 amide bonds. The minimum atomic E-state index is -6.08. The number of benzene rings is 1. The molecule has 1 aromatic carbocycles. The van der Waals surface area contributed by atoms with Crippen LogP contribution in [0, 0.1) is 0 Å². The van der Waals surface area contributed by atoms with Crippen LogP contribution in [0.3, 0.4) is 0 Å². The fourth-order valence-electron chi connectivity index (χ4n) is 2.68. The molecule has 0 aliphatic carbocycles. The summed E-state index contributed by atoms with van der Waals surface area (Å²) in [6, 6.07) is 9.33. The highest BCUT2D eigenvalue weighted by Crippen LogP contribution is 2.22. The molecule has 0 unspecified atom stereocenters. The zero-order valence-corrected chi connectivity index (χ0v) is 17.5. The molecule has 1 aromatic rings. The molecule has 1 saturated heterocycles. The first kappa shape index (κ1) is 23.9. The summed E-state index contributed by atoms with van der Waals surface area (Å²) < 4.78 is 108. The minimum Gasteiger partial charge on any atom is -0.369 e. The average Bonchev–Trinajstić information content (AvgIpc) is 2.60. The van der Waals surface area contributed by atoms with Crippen LogP contribution in [-0.4, -0.2) is 72.8 Å². The van der Waals surface area contributed by atoms with Gasteiger partial charge in [-0.15, -0.1) is 4.13 Å². The van der Waals surface area contributed by atoms with Gasteiger partial charge in [-0.3, -0.25) is 0 Å². The Bertz CT molecular complexity index is 1000. The smallest absolute Gasteiger partial charge is 0.369 e. The molecule has 1 aliphatic rings. The number of rotatable bonds is 8. The Morgan fingerprint density at radius 2 is 1.41 bits per heavy atom. The fraction of sp³-hybridized carbons (Fsp3) is 0.571. The number of sulfonamides is 3. The highest BCUT2D eigenvalue weighted by molar-refractivity contribution is 8.05. The van der Waals surface area contributed by atoms with Crippen molar-refractivity contribution in [3.63, 3.8) is 0 Å². The second-order valence-corrected chi connectivity index (χ2v) is 12.1. The van der Waals surface area contributed by atoms with Gasteiger partial charge < -0.3 is 4.90 Å². The molecular weight excluding hydrogens is 459 g/mol. The zero-order chi connectivity index (χ0) is 21.9. The first-order chi connectivity index (χ1) is 13.2. The number of nitrogens with zero attached hydrogens (tertiary/aromatic N) is 2. The van der Waals surface area contributed by atoms with Gasteiger partial charge in [0, 0.05) is 31.9 Å². The topological polar surface area (TPSA) is 121 Å². The molecule has 0 bridgehead atoms. The van der Waals surface area contributed by atoms with Crippen molar-refractivity contribution < 1.29 is 38.4 Å². The lowest BCUT2D eigenvalue weighted by atomic mass is 10.2. The van der Waals surface area contributed by atoms with E-state index < -0.39 is 53.5 Å². The molecule has 9 nitrogen and oxygen atoms in total. The Morgan fingerprint density at radius 1 is 0.862 bits per heavy atom. The lowest BCUT2D eigenvalue weighted by Gasteiger charge is -2.35. The molecule has 0 saturated carbocycles. The van der Waals surface area contributed by atoms with Gasteiger partial charge in [-0.1, -0.05) is 18.2 Å². The Balaban J connectivity index is 1.87. The van der Waals surface area contributed by atoms with Crippen molar-refractivity contribution in [3.05, 3.63) is 30.3 Å². The van der Waals surface area contributed by atoms with E-state index in [-0.39, 0.29) is 13.1 Å². The molecule has 0 aromatic heterocycles. The summed E-state index contributed by atoms with van der Waals surface area (Å²) in [5, 5.41) is 0. The van der Waals surface area contributed by atoms with Gasteiger partial charge >= 0.3 is 15.5 Å². The quantitative estimate of drug-likeness (QED) is 0.569. The van der Waals surface area contributed by atoms with E-state index in [0.717, 1.165) is 5.69 Å². The minimum absolute atomic E-state index is 0.171. The molecule has 1 heterocycles. The molecule has 0 spiro atoms. The van der Waals surface area contributed by atoms with Crippen molar-refractivity contribution in [1.29, 1.82) is 0 Å². The maximum atomic E-state index is 12.4. The Hall–Kier alpha value is -1.42. The Labute approximate surface area is 167 Å². The maximum Gasteiger partial charge on any atom is 0.512 e. The summed E-state index contributed by atoms with van der Waals surface area (Å²) in [6.07, 6.45) is -0.552. The van der Waals surface area contributed by atoms with Crippen molar-refractivity contribution in [1.82, 2.24) is 8.43 Å². The van der Waals surface area contributed by atoms with Crippen LogP contribution in [-0.2, 0) is 30.1 Å². The first-order valence-electron chi connectivity index (χ1n) is 8.34. The molecule has 2 rings (SSSR count). The third kappa shape index (κ3) is 6.53. The van der Waals surface area contributed by atoms with E-state index in [0.29, 0.717) is 17.2 Å². The van der Waals surface area contributed by atoms with Crippen LogP contribution in [0.1, 0.15) is 6.42 Å². The number of piperazine rings is 1. The van der Waals surface area contributed by atoms with Crippen LogP contribution >= 0.6 is 0 Å². The summed E-state index contributed by atoms with van der Waals surface area (Å²) >= 11 is 0. The van der Waals surface area contributed by atoms with Gasteiger partial charge in [-0.2, -0.15) is 17.5 Å². The lowest BCUT2D eigenvalue weighted by Crippen LogP contribution is -2.49. The number of halogens is 3. The summed E-state index contributed by atoms with van der Waals surface area (Å²) in [4.78, 5) is 1.99. The van der Waals surface area contributed by atoms with E-state index in [1.54, 1.807) is 0 Å². The molecule has 29 heavy (non-hydrogen) atoms. The third-order valence-electron chi connectivity index (χ3n) is 4.11. The van der Waals surface area contributed by atoms with Gasteiger partial charge in [0.2, 0.25) is 20.0 Å². The second-order valence-electron chi connectivity index (χ2n) is 6.24. The van der Waals surface area contributed by atoms with E-state index in [2.05, 4.69) is 0 Å². The van der Waals surface area contributed by atoms with Crippen molar-refractivity contribution in [2.45, 2.75) is 11.9 Å². The van der Waals surface area contributed by atoms with Gasteiger partial charge in [-0.05, 0) is 18.6 Å². The van der Waals surface area contributed by atoms with Crippen LogP contribution in [0.25, 0.3) is 0 Å². The molecule has 1 fully saturated rings. The van der Waals surface area contributed by atoms with Gasteiger partial charge in [0.15, 0.2) is 0 Å². The van der Waals surface area contributed by atoms with Gasteiger partial charge in [0.05, 0.1) is 11.5 Å². The summed E-state index contributed by atoms with van der Waals surface area (Å²) in [5.74, 6) is -1.71. The van der Waals surface area contributed by atoms with Crippen molar-refractivity contribution in [2.24, 2.45) is 0 Å². The van der Waals surface area contributed by atoms with Crippen LogP contribution < -0.4 is 9.03 Å². The van der Waals surface area contributed by atoms with Crippen LogP contribution in [0.15, 0.2) is 30.3 Å². The fourth-order valence-corrected chi connectivity index (χ4v) is 6.92. The summed E-state index contributed by atoms with van der Waals surface area (Å²) in [6.45, 7) is 1.19. The number of para-hydroxylation sites is 1. The lowest BCUT2D eigenvalue weighted by molar-refractivity contribution is -0.0441. The van der Waals surface area contributed by atoms with Gasteiger partial charge in [-0.25, -0.2) is 25.3 Å². The third-order valence-corrected chi connectivity index (χ3v) is 9.40. The molecule has 0 atom stereocenters. The average molecular weight is 480 g/mol. The van der Waals surface area contributed by atoms with Crippen molar-refractivity contribution in [2.75, 3.05) is 42.6 Å². The van der Waals surface area contributed by atoms with Crippen LogP contribution in [0.4, 0.5) is 18.9 Å². The standard InChI is InChI=1S/C14H20F3N3O6S3/c15-14(16,17)29(25,26)18-27(21,22)11-4-12-28(23,24)20-9-7-19(8-10-20)13-5-2-1-3-6-13/h1-3,5-6,18H,4,7-12H2. The normalized spacial score (nSPS) is 17.4. The number of anilines is 1. The van der Waals surface area contributed by atoms with E-state index in [1.807, 2.05) is 35.2 Å². The van der Waals surface area contributed by atoms with Gasteiger partial charge in [0.1, 0.15) is 0 Å². The summed E-state index contributed by atoms with van der Waals surface area (Å²) in [7, 11) is -14.8. The Kier molecular flexibility index (Phi) is 7.20. The maximum absolute atomic E-state index is 12.4. The largest absolute Gasteiger partial charge is 0.512 e.